The molecule has 0 unspecified atom stereocenters. The Labute approximate surface area is 206 Å². The zero-order valence-electron chi connectivity index (χ0n) is 20.7. The van der Waals surface area contributed by atoms with Gasteiger partial charge in [-0.1, -0.05) is 13.8 Å². The Hall–Kier alpha value is -3.42. The average Bonchev–Trinajstić information content (AvgIpc) is 3.12. The number of aromatic nitrogens is 1. The normalized spacial score (nSPS) is 21.1. The van der Waals surface area contributed by atoms with E-state index in [2.05, 4.69) is 34.4 Å². The fourth-order valence-electron chi connectivity index (χ4n) is 5.42. The number of anilines is 2. The van der Waals surface area contributed by atoms with Gasteiger partial charge in [-0.2, -0.15) is 0 Å². The van der Waals surface area contributed by atoms with Gasteiger partial charge in [0.05, 0.1) is 5.56 Å². The first kappa shape index (κ1) is 24.7. The number of amides is 2. The maximum absolute atomic E-state index is 13.1. The van der Waals surface area contributed by atoms with Gasteiger partial charge in [0, 0.05) is 47.2 Å². The highest BCUT2D eigenvalue weighted by atomic mass is 16.2. The number of fused-ring (bicyclic) bond motifs is 2. The average molecular weight is 478 g/mol. The van der Waals surface area contributed by atoms with Crippen LogP contribution in [0, 0.1) is 0 Å². The summed E-state index contributed by atoms with van der Waals surface area (Å²) < 4.78 is 0. The summed E-state index contributed by atoms with van der Waals surface area (Å²) in [6.07, 6.45) is 7.26. The fraction of sp³-hybridized carbons (Fsp3) is 0.481. The van der Waals surface area contributed by atoms with Crippen LogP contribution in [-0.2, 0) is 0 Å². The third-order valence-electron chi connectivity index (χ3n) is 7.38. The molecule has 2 aliphatic heterocycles. The molecule has 0 aliphatic carbocycles. The number of nitrogens with zero attached hydrogens (tertiary/aromatic N) is 2. The van der Waals surface area contributed by atoms with E-state index >= 15 is 0 Å². The van der Waals surface area contributed by atoms with Gasteiger partial charge in [-0.25, -0.2) is 4.98 Å². The standard InChI is InChI=1S/C27H35N5O3/c1-4-19(5-2)30-24-12-17(6-10-23(24)26(28)34)27(35)31-20-13-21-8-9-22(14-20)32(21)25-11-7-18(15-29-25)16(3)33/h6-7,10-12,15,19-22,30H,4-5,8-9,13-14H2,1-3H3,(H2,28,34)(H,31,35)/t20-,21+,22-. The maximum Gasteiger partial charge on any atom is 0.251 e. The number of rotatable bonds is 9. The van der Waals surface area contributed by atoms with Crippen molar-refractivity contribution < 1.29 is 14.4 Å². The van der Waals surface area contributed by atoms with Gasteiger partial charge in [0.2, 0.25) is 0 Å². The van der Waals surface area contributed by atoms with Gasteiger partial charge in [-0.3, -0.25) is 14.4 Å². The van der Waals surface area contributed by atoms with E-state index in [0.717, 1.165) is 44.3 Å². The van der Waals surface area contributed by atoms with Crippen LogP contribution in [0.3, 0.4) is 0 Å². The molecule has 8 heteroatoms. The number of nitrogens with one attached hydrogen (secondary N) is 2. The van der Waals surface area contributed by atoms with Crippen molar-refractivity contribution in [3.05, 3.63) is 53.2 Å². The van der Waals surface area contributed by atoms with Gasteiger partial charge in [0.25, 0.3) is 11.8 Å². The van der Waals surface area contributed by atoms with Crippen LogP contribution in [0.4, 0.5) is 11.5 Å². The number of pyridine rings is 1. The topological polar surface area (TPSA) is 117 Å². The minimum atomic E-state index is -0.515. The molecule has 2 bridgehead atoms. The summed E-state index contributed by atoms with van der Waals surface area (Å²) in [5.74, 6) is 0.247. The lowest BCUT2D eigenvalue weighted by Crippen LogP contribution is -2.50. The second-order valence-corrected chi connectivity index (χ2v) is 9.68. The minimum Gasteiger partial charge on any atom is -0.382 e. The van der Waals surface area contributed by atoms with Gasteiger partial charge < -0.3 is 21.3 Å². The maximum atomic E-state index is 13.1. The number of piperidine rings is 1. The Balaban J connectivity index is 1.45. The Morgan fingerprint density at radius 1 is 1.06 bits per heavy atom. The molecule has 4 rings (SSSR count). The molecule has 0 saturated carbocycles. The van der Waals surface area contributed by atoms with Crippen molar-refractivity contribution in [3.8, 4) is 0 Å². The van der Waals surface area contributed by atoms with Crippen molar-refractivity contribution in [1.29, 1.82) is 0 Å². The second kappa shape index (κ2) is 10.5. The van der Waals surface area contributed by atoms with E-state index in [4.69, 9.17) is 5.73 Å². The molecule has 1 aromatic heterocycles. The predicted octanol–water partition coefficient (Wildman–Crippen LogP) is 3.91. The summed E-state index contributed by atoms with van der Waals surface area (Å²) in [6, 6.07) is 9.67. The molecule has 35 heavy (non-hydrogen) atoms. The number of carbonyl (C=O) groups excluding carboxylic acids is 3. The van der Waals surface area contributed by atoms with Gasteiger partial charge in [-0.05, 0) is 75.8 Å². The summed E-state index contributed by atoms with van der Waals surface area (Å²) in [7, 11) is 0. The highest BCUT2D eigenvalue weighted by molar-refractivity contribution is 6.02. The molecular weight excluding hydrogens is 442 g/mol. The Morgan fingerprint density at radius 2 is 1.71 bits per heavy atom. The van der Waals surface area contributed by atoms with E-state index in [1.54, 1.807) is 31.3 Å². The molecule has 0 spiro atoms. The van der Waals surface area contributed by atoms with Crippen molar-refractivity contribution in [2.45, 2.75) is 83.5 Å². The van der Waals surface area contributed by atoms with Gasteiger partial charge in [0.15, 0.2) is 5.78 Å². The van der Waals surface area contributed by atoms with E-state index in [1.807, 2.05) is 12.1 Å². The number of nitrogens with two attached hydrogens (primary N) is 1. The largest absolute Gasteiger partial charge is 0.382 e. The molecule has 2 saturated heterocycles. The molecule has 2 aliphatic rings. The third-order valence-corrected chi connectivity index (χ3v) is 7.38. The Bertz CT molecular complexity index is 1080. The molecule has 8 nitrogen and oxygen atoms in total. The highest BCUT2D eigenvalue weighted by Gasteiger charge is 2.41. The van der Waals surface area contributed by atoms with Crippen LogP contribution in [0.5, 0.6) is 0 Å². The quantitative estimate of drug-likeness (QED) is 0.471. The highest BCUT2D eigenvalue weighted by Crippen LogP contribution is 2.38. The zero-order valence-corrected chi connectivity index (χ0v) is 20.7. The van der Waals surface area contributed by atoms with Crippen molar-refractivity contribution in [2.24, 2.45) is 5.73 Å². The van der Waals surface area contributed by atoms with E-state index in [9.17, 15) is 14.4 Å². The van der Waals surface area contributed by atoms with Crippen LogP contribution in [0.2, 0.25) is 0 Å². The first-order chi connectivity index (χ1) is 16.8. The summed E-state index contributed by atoms with van der Waals surface area (Å²) in [6.45, 7) is 5.70. The van der Waals surface area contributed by atoms with E-state index in [0.29, 0.717) is 34.5 Å². The molecular formula is C27H35N5O3. The van der Waals surface area contributed by atoms with Crippen LogP contribution in [0.1, 0.15) is 90.4 Å². The molecule has 2 aromatic rings. The Morgan fingerprint density at radius 3 is 2.26 bits per heavy atom. The SMILES string of the molecule is CCC(CC)Nc1cc(C(=O)N[C@H]2C[C@H]3CC[C@@H](C2)N3c2ccc(C(C)=O)cn2)ccc1C(N)=O. The molecule has 4 N–H and O–H groups in total. The number of hydrogen-bond donors (Lipinski definition) is 3. The molecule has 2 amide bonds. The van der Waals surface area contributed by atoms with E-state index in [1.165, 1.54) is 0 Å². The first-order valence-electron chi connectivity index (χ1n) is 12.6. The van der Waals surface area contributed by atoms with Crippen molar-refractivity contribution >= 4 is 29.1 Å². The summed E-state index contributed by atoms with van der Waals surface area (Å²) in [5, 5.41) is 6.59. The van der Waals surface area contributed by atoms with Crippen LogP contribution in [-0.4, -0.2) is 46.7 Å². The monoisotopic (exact) mass is 477 g/mol. The van der Waals surface area contributed by atoms with Crippen molar-refractivity contribution in [2.75, 3.05) is 10.2 Å². The number of primary amides is 1. The predicted molar refractivity (Wildman–Crippen MR) is 137 cm³/mol. The lowest BCUT2D eigenvalue weighted by Gasteiger charge is -2.40. The minimum absolute atomic E-state index is 0.00979. The number of Topliss-reactive ketones (excluding diaryl/α,β-unsaturated/α-hetero) is 1. The number of carbonyl (C=O) groups is 3. The number of benzene rings is 1. The summed E-state index contributed by atoms with van der Waals surface area (Å²) >= 11 is 0. The summed E-state index contributed by atoms with van der Waals surface area (Å²) in [4.78, 5) is 43.5. The van der Waals surface area contributed by atoms with Crippen LogP contribution in [0.15, 0.2) is 36.5 Å². The lowest BCUT2D eigenvalue weighted by atomic mass is 9.96. The second-order valence-electron chi connectivity index (χ2n) is 9.68. The molecule has 3 heterocycles. The molecule has 2 fully saturated rings. The number of ketones is 1. The number of hydrogen-bond acceptors (Lipinski definition) is 6. The van der Waals surface area contributed by atoms with E-state index in [-0.39, 0.29) is 23.8 Å². The molecule has 186 valence electrons. The molecule has 0 radical (unpaired) electrons. The first-order valence-corrected chi connectivity index (χ1v) is 12.6. The van der Waals surface area contributed by atoms with Crippen LogP contribution in [0.25, 0.3) is 0 Å². The van der Waals surface area contributed by atoms with Gasteiger partial charge in [-0.15, -0.1) is 0 Å². The lowest BCUT2D eigenvalue weighted by molar-refractivity contribution is 0.0924. The third kappa shape index (κ3) is 5.31. The smallest absolute Gasteiger partial charge is 0.251 e. The zero-order chi connectivity index (χ0) is 25.1. The van der Waals surface area contributed by atoms with Gasteiger partial charge >= 0.3 is 0 Å². The van der Waals surface area contributed by atoms with Crippen LogP contribution < -0.4 is 21.3 Å². The van der Waals surface area contributed by atoms with Gasteiger partial charge in [0.1, 0.15) is 5.82 Å². The van der Waals surface area contributed by atoms with Crippen LogP contribution >= 0.6 is 0 Å². The van der Waals surface area contributed by atoms with Crippen molar-refractivity contribution in [1.82, 2.24) is 10.3 Å². The fourth-order valence-corrected chi connectivity index (χ4v) is 5.42. The molecule has 1 aromatic carbocycles. The van der Waals surface area contributed by atoms with Crippen molar-refractivity contribution in [3.63, 3.8) is 0 Å². The summed E-state index contributed by atoms with van der Waals surface area (Å²) in [5.41, 5.74) is 7.69. The van der Waals surface area contributed by atoms with E-state index < -0.39 is 5.91 Å². The molecule has 3 atom stereocenters. The Kier molecular flexibility index (Phi) is 7.38.